The van der Waals surface area contributed by atoms with E-state index >= 15 is 0 Å². The van der Waals surface area contributed by atoms with Gasteiger partial charge in [0.05, 0.1) is 0 Å². The van der Waals surface area contributed by atoms with E-state index in [1.165, 1.54) is 19.4 Å². The number of hydrogen-bond acceptors (Lipinski definition) is 3. The fourth-order valence-electron chi connectivity index (χ4n) is 1.93. The molecule has 0 radical (unpaired) electrons. The Bertz CT molecular complexity index is 149. The zero-order valence-corrected chi connectivity index (χ0v) is 8.08. The predicted molar refractivity (Wildman–Crippen MR) is 49.7 cm³/mol. The number of nitrogens with two attached hydrogens (primary N) is 1. The molecule has 1 rings (SSSR count). The summed E-state index contributed by atoms with van der Waals surface area (Å²) in [5.41, 5.74) is 5.59. The van der Waals surface area contributed by atoms with Crippen LogP contribution < -0.4 is 5.73 Å². The van der Waals surface area contributed by atoms with Crippen molar-refractivity contribution in [2.24, 2.45) is 5.73 Å². The molecule has 0 saturated carbocycles. The lowest BCUT2D eigenvalue weighted by atomic mass is 9.93. The molecule has 3 nitrogen and oxygen atoms in total. The van der Waals surface area contributed by atoms with E-state index in [-0.39, 0.29) is 5.54 Å². The lowest BCUT2D eigenvalue weighted by Crippen LogP contribution is -2.39. The summed E-state index contributed by atoms with van der Waals surface area (Å²) in [4.78, 5) is 2.37. The highest BCUT2D eigenvalue weighted by Crippen LogP contribution is 2.31. The van der Waals surface area contributed by atoms with Gasteiger partial charge in [0, 0.05) is 5.54 Å². The van der Waals surface area contributed by atoms with Gasteiger partial charge in [-0.3, -0.25) is 0 Å². The molecule has 1 aliphatic rings. The smallest absolute Gasteiger partial charge is 0.102 e. The van der Waals surface area contributed by atoms with Crippen LogP contribution in [0.25, 0.3) is 0 Å². The maximum absolute atomic E-state index is 8.97. The van der Waals surface area contributed by atoms with Crippen LogP contribution in [0.15, 0.2) is 0 Å². The first-order chi connectivity index (χ1) is 5.54. The number of aliphatic hydroxyl groups excluding tert-OH is 1. The van der Waals surface area contributed by atoms with Gasteiger partial charge in [-0.2, -0.15) is 0 Å². The van der Waals surface area contributed by atoms with Crippen molar-refractivity contribution in [3.63, 3.8) is 0 Å². The standard InChI is InChI=1S/C9H20N2O/c1-9(6-4-8(10)12)5-3-7-11(9)2/h8,12H,3-7,10H2,1-2H3/t8-,9?/m0/s1. The van der Waals surface area contributed by atoms with E-state index in [4.69, 9.17) is 10.8 Å². The van der Waals surface area contributed by atoms with Crippen LogP contribution in [-0.4, -0.2) is 35.4 Å². The summed E-state index contributed by atoms with van der Waals surface area (Å²) < 4.78 is 0. The third-order valence-corrected chi connectivity index (χ3v) is 3.11. The molecule has 72 valence electrons. The minimum absolute atomic E-state index is 0.278. The van der Waals surface area contributed by atoms with Crippen LogP contribution in [0, 0.1) is 0 Å². The van der Waals surface area contributed by atoms with Crippen LogP contribution in [-0.2, 0) is 0 Å². The van der Waals surface area contributed by atoms with Gasteiger partial charge in [-0.25, -0.2) is 0 Å². The second-order valence-electron chi connectivity index (χ2n) is 4.13. The van der Waals surface area contributed by atoms with Crippen LogP contribution >= 0.6 is 0 Å². The molecule has 1 saturated heterocycles. The quantitative estimate of drug-likeness (QED) is 0.610. The molecule has 3 heteroatoms. The van der Waals surface area contributed by atoms with Crippen molar-refractivity contribution in [1.82, 2.24) is 4.90 Å². The minimum Gasteiger partial charge on any atom is -0.379 e. The molecule has 12 heavy (non-hydrogen) atoms. The molecular weight excluding hydrogens is 152 g/mol. The first kappa shape index (κ1) is 9.96. The number of likely N-dealkylation sites (tertiary alicyclic amines) is 1. The Labute approximate surface area is 74.5 Å². The van der Waals surface area contributed by atoms with Crippen LogP contribution in [0.3, 0.4) is 0 Å². The molecule has 1 aliphatic heterocycles. The molecule has 1 unspecified atom stereocenters. The number of nitrogens with zero attached hydrogens (tertiary/aromatic N) is 1. The molecular formula is C9H20N2O. The molecule has 0 bridgehead atoms. The highest BCUT2D eigenvalue weighted by molar-refractivity contribution is 4.89. The van der Waals surface area contributed by atoms with Gasteiger partial charge in [0.15, 0.2) is 0 Å². The Morgan fingerprint density at radius 1 is 1.67 bits per heavy atom. The average molecular weight is 172 g/mol. The molecule has 1 fully saturated rings. The fourth-order valence-corrected chi connectivity index (χ4v) is 1.93. The zero-order valence-electron chi connectivity index (χ0n) is 8.08. The third kappa shape index (κ3) is 2.19. The first-order valence-electron chi connectivity index (χ1n) is 4.69. The Kier molecular flexibility index (Phi) is 3.09. The Balaban J connectivity index is 2.37. The Morgan fingerprint density at radius 3 is 2.75 bits per heavy atom. The summed E-state index contributed by atoms with van der Waals surface area (Å²) in [5, 5.41) is 8.97. The highest BCUT2D eigenvalue weighted by atomic mass is 16.3. The summed E-state index contributed by atoms with van der Waals surface area (Å²) in [6.07, 6.45) is 3.57. The second kappa shape index (κ2) is 3.73. The van der Waals surface area contributed by atoms with Crippen LogP contribution in [0.4, 0.5) is 0 Å². The van der Waals surface area contributed by atoms with Gasteiger partial charge < -0.3 is 15.7 Å². The number of rotatable bonds is 3. The maximum atomic E-state index is 8.97. The predicted octanol–water partition coefficient (Wildman–Crippen LogP) is 0.528. The van der Waals surface area contributed by atoms with Crippen molar-refractivity contribution in [3.8, 4) is 0 Å². The molecule has 0 aromatic carbocycles. The summed E-state index contributed by atoms with van der Waals surface area (Å²) >= 11 is 0. The molecule has 0 aromatic heterocycles. The molecule has 3 N–H and O–H groups in total. The van der Waals surface area contributed by atoms with E-state index in [0.717, 1.165) is 6.42 Å². The van der Waals surface area contributed by atoms with Gasteiger partial charge in [-0.1, -0.05) is 0 Å². The third-order valence-electron chi connectivity index (χ3n) is 3.11. The monoisotopic (exact) mass is 172 g/mol. The molecule has 0 aliphatic carbocycles. The number of hydrogen-bond donors (Lipinski definition) is 2. The van der Waals surface area contributed by atoms with E-state index < -0.39 is 6.23 Å². The van der Waals surface area contributed by atoms with Crippen LogP contribution in [0.5, 0.6) is 0 Å². The minimum atomic E-state index is -0.643. The number of aliphatic hydroxyl groups is 1. The summed E-state index contributed by atoms with van der Waals surface area (Å²) in [6, 6.07) is 0. The SMILES string of the molecule is CN1CCCC1(C)CC[C@@H](N)O. The maximum Gasteiger partial charge on any atom is 0.102 e. The summed E-state index contributed by atoms with van der Waals surface area (Å²) in [6.45, 7) is 3.43. The van der Waals surface area contributed by atoms with Gasteiger partial charge in [-0.05, 0) is 46.2 Å². The van der Waals surface area contributed by atoms with Crippen LogP contribution in [0.2, 0.25) is 0 Å². The van der Waals surface area contributed by atoms with Crippen molar-refractivity contribution in [2.75, 3.05) is 13.6 Å². The largest absolute Gasteiger partial charge is 0.379 e. The zero-order chi connectivity index (χ0) is 9.19. The van der Waals surface area contributed by atoms with Crippen molar-refractivity contribution in [3.05, 3.63) is 0 Å². The van der Waals surface area contributed by atoms with Crippen molar-refractivity contribution in [1.29, 1.82) is 0 Å². The molecule has 0 spiro atoms. The molecule has 0 aromatic rings. The lowest BCUT2D eigenvalue weighted by molar-refractivity contribution is 0.122. The van der Waals surface area contributed by atoms with Gasteiger partial charge in [0.2, 0.25) is 0 Å². The Morgan fingerprint density at radius 2 is 2.33 bits per heavy atom. The van der Waals surface area contributed by atoms with Crippen molar-refractivity contribution >= 4 is 0 Å². The van der Waals surface area contributed by atoms with Crippen molar-refractivity contribution in [2.45, 2.75) is 44.4 Å². The molecule has 2 atom stereocenters. The van der Waals surface area contributed by atoms with Gasteiger partial charge in [-0.15, -0.1) is 0 Å². The summed E-state index contributed by atoms with van der Waals surface area (Å²) in [7, 11) is 2.15. The van der Waals surface area contributed by atoms with Crippen molar-refractivity contribution < 1.29 is 5.11 Å². The molecule has 1 heterocycles. The lowest BCUT2D eigenvalue weighted by Gasteiger charge is -2.32. The van der Waals surface area contributed by atoms with E-state index in [0.29, 0.717) is 6.42 Å². The van der Waals surface area contributed by atoms with E-state index in [1.54, 1.807) is 0 Å². The first-order valence-corrected chi connectivity index (χ1v) is 4.69. The van der Waals surface area contributed by atoms with Crippen LogP contribution in [0.1, 0.15) is 32.6 Å². The van der Waals surface area contributed by atoms with Gasteiger partial charge in [0.1, 0.15) is 6.23 Å². The second-order valence-corrected chi connectivity index (χ2v) is 4.13. The highest BCUT2D eigenvalue weighted by Gasteiger charge is 2.33. The van der Waals surface area contributed by atoms with E-state index in [9.17, 15) is 0 Å². The van der Waals surface area contributed by atoms with Gasteiger partial charge in [0.25, 0.3) is 0 Å². The average Bonchev–Trinajstić information content (AvgIpc) is 2.30. The molecule has 0 amide bonds. The fraction of sp³-hybridized carbons (Fsp3) is 1.00. The van der Waals surface area contributed by atoms with Gasteiger partial charge >= 0.3 is 0 Å². The summed E-state index contributed by atoms with van der Waals surface area (Å²) in [5.74, 6) is 0. The normalized spacial score (nSPS) is 34.0. The Hall–Kier alpha value is -0.120. The topological polar surface area (TPSA) is 49.5 Å². The van der Waals surface area contributed by atoms with E-state index in [2.05, 4.69) is 18.9 Å². The van der Waals surface area contributed by atoms with E-state index in [1.807, 2.05) is 0 Å².